The first-order chi connectivity index (χ1) is 8.72. The van der Waals surface area contributed by atoms with Gasteiger partial charge in [-0.3, -0.25) is 4.79 Å². The Hall–Kier alpha value is -1.96. The summed E-state index contributed by atoms with van der Waals surface area (Å²) >= 11 is 0. The van der Waals surface area contributed by atoms with E-state index in [0.29, 0.717) is 17.5 Å². The summed E-state index contributed by atoms with van der Waals surface area (Å²) in [7, 11) is 0. The number of carbonyl (C=O) groups excluding carboxylic acids is 1. The summed E-state index contributed by atoms with van der Waals surface area (Å²) in [6.07, 6.45) is 1.24. The van der Waals surface area contributed by atoms with E-state index < -0.39 is 0 Å². The van der Waals surface area contributed by atoms with Crippen LogP contribution >= 0.6 is 0 Å². The number of hydrogen-bond donors (Lipinski definition) is 0. The van der Waals surface area contributed by atoms with Crippen LogP contribution in [0.4, 0.5) is 4.39 Å². The zero-order chi connectivity index (χ0) is 13.0. The van der Waals surface area contributed by atoms with Gasteiger partial charge < -0.3 is 0 Å². The molecule has 0 aliphatic heterocycles. The van der Waals surface area contributed by atoms with Crippen molar-refractivity contribution in [3.8, 4) is 11.1 Å². The molecule has 0 atom stereocenters. The lowest BCUT2D eigenvalue weighted by Crippen LogP contribution is -1.99. The summed E-state index contributed by atoms with van der Waals surface area (Å²) in [6, 6.07) is 14.0. The maximum atomic E-state index is 14.0. The van der Waals surface area contributed by atoms with Crippen LogP contribution in [0.3, 0.4) is 0 Å². The number of ketones is 1. The zero-order valence-electron chi connectivity index (χ0n) is 10.3. The highest BCUT2D eigenvalue weighted by atomic mass is 19.1. The maximum Gasteiger partial charge on any atom is 0.162 e. The van der Waals surface area contributed by atoms with Gasteiger partial charge in [0.15, 0.2) is 5.78 Å². The van der Waals surface area contributed by atoms with Gasteiger partial charge in [-0.25, -0.2) is 4.39 Å². The van der Waals surface area contributed by atoms with Crippen molar-refractivity contribution < 1.29 is 9.18 Å². The summed E-state index contributed by atoms with van der Waals surface area (Å²) < 4.78 is 14.0. The molecule has 0 aromatic heterocycles. The Morgan fingerprint density at radius 3 is 2.44 bits per heavy atom. The lowest BCUT2D eigenvalue weighted by molar-refractivity contribution is 0.0981. The van der Waals surface area contributed by atoms with E-state index >= 15 is 0 Å². The van der Waals surface area contributed by atoms with Crippen molar-refractivity contribution in [3.63, 3.8) is 0 Å². The Morgan fingerprint density at radius 1 is 1.11 bits per heavy atom. The molecule has 0 N–H and O–H groups in total. The van der Waals surface area contributed by atoms with E-state index in [2.05, 4.69) is 0 Å². The fraction of sp³-hybridized carbons (Fsp3) is 0.188. The molecule has 0 aliphatic rings. The fourth-order valence-electron chi connectivity index (χ4n) is 1.91. The van der Waals surface area contributed by atoms with Crippen LogP contribution in [-0.2, 0) is 0 Å². The first kappa shape index (κ1) is 12.5. The van der Waals surface area contributed by atoms with Crippen molar-refractivity contribution in [2.75, 3.05) is 0 Å². The Bertz CT molecular complexity index is 546. The summed E-state index contributed by atoms with van der Waals surface area (Å²) in [6.45, 7) is 1.94. The van der Waals surface area contributed by atoms with Crippen molar-refractivity contribution in [2.45, 2.75) is 19.8 Å². The predicted molar refractivity (Wildman–Crippen MR) is 71.1 cm³/mol. The highest BCUT2D eigenvalue weighted by Gasteiger charge is 2.10. The van der Waals surface area contributed by atoms with Gasteiger partial charge in [0.1, 0.15) is 5.82 Å². The molecule has 2 rings (SSSR count). The third kappa shape index (κ3) is 2.65. The van der Waals surface area contributed by atoms with Gasteiger partial charge in [0.25, 0.3) is 0 Å². The van der Waals surface area contributed by atoms with E-state index in [-0.39, 0.29) is 11.6 Å². The predicted octanol–water partition coefficient (Wildman–Crippen LogP) is 4.48. The van der Waals surface area contributed by atoms with Crippen molar-refractivity contribution in [1.82, 2.24) is 0 Å². The Labute approximate surface area is 106 Å². The molecule has 0 fully saturated rings. The quantitative estimate of drug-likeness (QED) is 0.723. The largest absolute Gasteiger partial charge is 0.294 e. The molecule has 0 saturated carbocycles. The summed E-state index contributed by atoms with van der Waals surface area (Å²) in [5, 5.41) is 0. The Morgan fingerprint density at radius 2 is 1.83 bits per heavy atom. The number of halogens is 1. The number of benzene rings is 2. The molecule has 0 heterocycles. The monoisotopic (exact) mass is 242 g/mol. The SMILES string of the molecule is CCCC(=O)c1ccc(-c2ccccc2)c(F)c1. The first-order valence-corrected chi connectivity index (χ1v) is 6.10. The average molecular weight is 242 g/mol. The van der Waals surface area contributed by atoms with Gasteiger partial charge in [0, 0.05) is 17.5 Å². The van der Waals surface area contributed by atoms with Gasteiger partial charge >= 0.3 is 0 Å². The molecule has 0 unspecified atom stereocenters. The van der Waals surface area contributed by atoms with Crippen molar-refractivity contribution in [3.05, 3.63) is 59.9 Å². The van der Waals surface area contributed by atoms with E-state index in [9.17, 15) is 9.18 Å². The third-order valence-electron chi connectivity index (χ3n) is 2.85. The van der Waals surface area contributed by atoms with E-state index in [1.807, 2.05) is 37.3 Å². The minimum absolute atomic E-state index is 0.00369. The molecule has 0 spiro atoms. The molecular weight excluding hydrogens is 227 g/mol. The minimum Gasteiger partial charge on any atom is -0.294 e. The van der Waals surface area contributed by atoms with Crippen LogP contribution in [0.25, 0.3) is 11.1 Å². The first-order valence-electron chi connectivity index (χ1n) is 6.10. The van der Waals surface area contributed by atoms with Gasteiger partial charge in [-0.2, -0.15) is 0 Å². The summed E-state index contributed by atoms with van der Waals surface area (Å²) in [5.41, 5.74) is 1.81. The van der Waals surface area contributed by atoms with Gasteiger partial charge in [-0.05, 0) is 18.1 Å². The van der Waals surface area contributed by atoms with E-state index in [1.54, 1.807) is 12.1 Å². The minimum atomic E-state index is -0.344. The Balaban J connectivity index is 2.34. The maximum absolute atomic E-state index is 14.0. The summed E-state index contributed by atoms with van der Waals surface area (Å²) in [5.74, 6) is -0.348. The molecule has 0 saturated heterocycles. The van der Waals surface area contributed by atoms with Crippen LogP contribution in [-0.4, -0.2) is 5.78 Å². The molecule has 2 aromatic carbocycles. The second-order valence-corrected chi connectivity index (χ2v) is 4.23. The fourth-order valence-corrected chi connectivity index (χ4v) is 1.91. The van der Waals surface area contributed by atoms with E-state index in [4.69, 9.17) is 0 Å². The third-order valence-corrected chi connectivity index (χ3v) is 2.85. The van der Waals surface area contributed by atoms with Gasteiger partial charge in [-0.15, -0.1) is 0 Å². The van der Waals surface area contributed by atoms with Crippen LogP contribution in [0.15, 0.2) is 48.5 Å². The van der Waals surface area contributed by atoms with Crippen LogP contribution in [0.2, 0.25) is 0 Å². The van der Waals surface area contributed by atoms with Crippen molar-refractivity contribution in [2.24, 2.45) is 0 Å². The molecule has 0 aliphatic carbocycles. The average Bonchev–Trinajstić information content (AvgIpc) is 2.40. The second kappa shape index (κ2) is 5.58. The van der Waals surface area contributed by atoms with Gasteiger partial charge in [-0.1, -0.05) is 49.4 Å². The normalized spacial score (nSPS) is 10.3. The van der Waals surface area contributed by atoms with Gasteiger partial charge in [0.2, 0.25) is 0 Å². The molecular formula is C16H15FO. The molecule has 92 valence electrons. The van der Waals surface area contributed by atoms with Crippen LogP contribution in [0.5, 0.6) is 0 Å². The van der Waals surface area contributed by atoms with Crippen molar-refractivity contribution in [1.29, 1.82) is 0 Å². The van der Waals surface area contributed by atoms with E-state index in [0.717, 1.165) is 12.0 Å². The lowest BCUT2D eigenvalue weighted by atomic mass is 10.0. The summed E-state index contributed by atoms with van der Waals surface area (Å²) in [4.78, 5) is 11.7. The molecule has 0 bridgehead atoms. The number of Topliss-reactive ketones (excluding diaryl/α,β-unsaturated/α-hetero) is 1. The molecule has 1 nitrogen and oxygen atoms in total. The Kier molecular flexibility index (Phi) is 3.88. The highest BCUT2D eigenvalue weighted by molar-refractivity contribution is 5.96. The highest BCUT2D eigenvalue weighted by Crippen LogP contribution is 2.23. The second-order valence-electron chi connectivity index (χ2n) is 4.23. The molecule has 0 amide bonds. The van der Waals surface area contributed by atoms with Crippen LogP contribution < -0.4 is 0 Å². The number of rotatable bonds is 4. The lowest BCUT2D eigenvalue weighted by Gasteiger charge is -2.05. The topological polar surface area (TPSA) is 17.1 Å². The molecule has 2 heteroatoms. The number of hydrogen-bond acceptors (Lipinski definition) is 1. The van der Waals surface area contributed by atoms with Crippen molar-refractivity contribution >= 4 is 5.78 Å². The molecule has 2 aromatic rings. The smallest absolute Gasteiger partial charge is 0.162 e. The molecule has 0 radical (unpaired) electrons. The molecule has 18 heavy (non-hydrogen) atoms. The zero-order valence-corrected chi connectivity index (χ0v) is 10.3. The standard InChI is InChI=1S/C16H15FO/c1-2-6-16(18)13-9-10-14(15(17)11-13)12-7-4-3-5-8-12/h3-5,7-11H,2,6H2,1H3. The van der Waals surface area contributed by atoms with Crippen LogP contribution in [0.1, 0.15) is 30.1 Å². The van der Waals surface area contributed by atoms with Crippen LogP contribution in [0, 0.1) is 5.82 Å². The van der Waals surface area contributed by atoms with E-state index in [1.165, 1.54) is 6.07 Å². The van der Waals surface area contributed by atoms with Gasteiger partial charge in [0.05, 0.1) is 0 Å². The number of carbonyl (C=O) groups is 1.